The number of piperidine rings is 2. The minimum atomic E-state index is -0.401. The lowest BCUT2D eigenvalue weighted by molar-refractivity contribution is -0.141. The molecule has 0 aromatic heterocycles. The lowest BCUT2D eigenvalue weighted by Gasteiger charge is -2.41. The van der Waals surface area contributed by atoms with Crippen molar-refractivity contribution in [1.82, 2.24) is 9.80 Å². The van der Waals surface area contributed by atoms with Crippen LogP contribution in [0.5, 0.6) is 5.75 Å². The highest BCUT2D eigenvalue weighted by molar-refractivity contribution is 5.79. The molecule has 2 heterocycles. The van der Waals surface area contributed by atoms with Gasteiger partial charge in [-0.3, -0.25) is 9.59 Å². The summed E-state index contributed by atoms with van der Waals surface area (Å²) in [5, 5.41) is 0. The number of benzene rings is 1. The molecule has 0 aliphatic carbocycles. The molecule has 0 radical (unpaired) electrons. The van der Waals surface area contributed by atoms with E-state index in [2.05, 4.69) is 18.7 Å². The van der Waals surface area contributed by atoms with Crippen molar-refractivity contribution in [2.24, 2.45) is 17.6 Å². The Labute approximate surface area is 172 Å². The molecule has 2 fully saturated rings. The maximum absolute atomic E-state index is 13.1. The Morgan fingerprint density at radius 3 is 2.38 bits per heavy atom. The van der Waals surface area contributed by atoms with Crippen LogP contribution in [-0.2, 0) is 9.59 Å². The van der Waals surface area contributed by atoms with Gasteiger partial charge in [-0.15, -0.1) is 0 Å². The number of primary amides is 1. The van der Waals surface area contributed by atoms with E-state index in [1.807, 2.05) is 4.90 Å². The number of hydrogen-bond donors (Lipinski definition) is 1. The van der Waals surface area contributed by atoms with E-state index in [9.17, 15) is 14.0 Å². The largest absolute Gasteiger partial charge is 0.490 e. The van der Waals surface area contributed by atoms with Gasteiger partial charge in [0.05, 0.1) is 0 Å². The van der Waals surface area contributed by atoms with Crippen molar-refractivity contribution in [3.05, 3.63) is 30.1 Å². The molecule has 3 rings (SSSR count). The number of hydrogen-bond acceptors (Lipinski definition) is 4. The molecule has 2 N–H and O–H groups in total. The number of likely N-dealkylation sites (tertiary alicyclic amines) is 2. The number of carbonyl (C=O) groups is 2. The van der Waals surface area contributed by atoms with E-state index in [0.29, 0.717) is 31.3 Å². The monoisotopic (exact) mass is 405 g/mol. The molecule has 2 aliphatic heterocycles. The molecular formula is C22H32FN3O3. The van der Waals surface area contributed by atoms with Gasteiger partial charge in [-0.05, 0) is 64.0 Å². The lowest BCUT2D eigenvalue weighted by Crippen LogP contribution is -2.52. The van der Waals surface area contributed by atoms with E-state index in [4.69, 9.17) is 10.5 Å². The number of carbonyl (C=O) groups excluding carboxylic acids is 2. The molecule has 0 spiro atoms. The minimum Gasteiger partial charge on any atom is -0.490 e. The molecule has 1 aromatic carbocycles. The summed E-state index contributed by atoms with van der Waals surface area (Å²) in [6.07, 6.45) is 2.33. The second kappa shape index (κ2) is 9.57. The Balaban J connectivity index is 1.61. The number of halogens is 1. The molecule has 160 valence electrons. The van der Waals surface area contributed by atoms with Gasteiger partial charge in [0.2, 0.25) is 11.8 Å². The molecule has 2 aliphatic rings. The lowest BCUT2D eigenvalue weighted by atomic mass is 9.88. The number of rotatable bonds is 6. The summed E-state index contributed by atoms with van der Waals surface area (Å²) in [6, 6.07) is 6.36. The Morgan fingerprint density at radius 2 is 1.79 bits per heavy atom. The summed E-state index contributed by atoms with van der Waals surface area (Å²) in [5.74, 6) is -0.0909. The summed E-state index contributed by atoms with van der Waals surface area (Å²) in [5.41, 5.74) is 5.45. The van der Waals surface area contributed by atoms with Gasteiger partial charge in [0.15, 0.2) is 0 Å². The van der Waals surface area contributed by atoms with Gasteiger partial charge in [0.25, 0.3) is 0 Å². The van der Waals surface area contributed by atoms with Crippen molar-refractivity contribution in [3.8, 4) is 5.75 Å². The third kappa shape index (κ3) is 5.69. The van der Waals surface area contributed by atoms with Crippen molar-refractivity contribution in [2.45, 2.75) is 51.7 Å². The fourth-order valence-electron chi connectivity index (χ4n) is 4.43. The standard InChI is InChI=1S/C22H32FN3O3/c1-15(2)25-10-7-16(8-11-25)22(28)26-12-9-20(17(14-26)13-21(24)27)29-19-5-3-18(23)4-6-19/h3-6,15-17,20H,7-14H2,1-2H3,(H2,24,27)/t17-,20-/m0/s1. The first kappa shape index (κ1) is 21.6. The fraction of sp³-hybridized carbons (Fsp3) is 0.636. The van der Waals surface area contributed by atoms with Crippen LogP contribution in [0.1, 0.15) is 39.5 Å². The van der Waals surface area contributed by atoms with Gasteiger partial charge in [-0.2, -0.15) is 0 Å². The van der Waals surface area contributed by atoms with Crippen LogP contribution in [0, 0.1) is 17.7 Å². The van der Waals surface area contributed by atoms with Crippen LogP contribution >= 0.6 is 0 Å². The zero-order valence-corrected chi connectivity index (χ0v) is 17.4. The van der Waals surface area contributed by atoms with E-state index in [1.54, 1.807) is 12.1 Å². The fourth-order valence-corrected chi connectivity index (χ4v) is 4.43. The second-order valence-corrected chi connectivity index (χ2v) is 8.52. The predicted molar refractivity (Wildman–Crippen MR) is 109 cm³/mol. The Morgan fingerprint density at radius 1 is 1.14 bits per heavy atom. The number of nitrogens with zero attached hydrogens (tertiary/aromatic N) is 2. The van der Waals surface area contributed by atoms with Crippen LogP contribution < -0.4 is 10.5 Å². The number of amides is 2. The van der Waals surface area contributed by atoms with Crippen LogP contribution in [-0.4, -0.2) is 59.9 Å². The van der Waals surface area contributed by atoms with E-state index in [1.165, 1.54) is 12.1 Å². The molecule has 2 atom stereocenters. The predicted octanol–water partition coefficient (Wildman–Crippen LogP) is 2.42. The highest BCUT2D eigenvalue weighted by atomic mass is 19.1. The normalized spacial score (nSPS) is 23.9. The molecule has 6 nitrogen and oxygen atoms in total. The quantitative estimate of drug-likeness (QED) is 0.789. The summed E-state index contributed by atoms with van der Waals surface area (Å²) in [7, 11) is 0. The van der Waals surface area contributed by atoms with Crippen LogP contribution in [0.15, 0.2) is 24.3 Å². The SMILES string of the molecule is CC(C)N1CCC(C(=O)N2CC[C@H](Oc3ccc(F)cc3)[C@@H](CC(N)=O)C2)CC1. The maximum Gasteiger partial charge on any atom is 0.225 e. The van der Waals surface area contributed by atoms with Crippen LogP contribution in [0.25, 0.3) is 0 Å². The van der Waals surface area contributed by atoms with Crippen molar-refractivity contribution in [2.75, 3.05) is 26.2 Å². The molecule has 29 heavy (non-hydrogen) atoms. The highest BCUT2D eigenvalue weighted by Crippen LogP contribution is 2.28. The van der Waals surface area contributed by atoms with E-state index in [0.717, 1.165) is 25.9 Å². The molecule has 0 bridgehead atoms. The Hall–Kier alpha value is -2.15. The van der Waals surface area contributed by atoms with E-state index < -0.39 is 5.91 Å². The Bertz CT molecular complexity index is 702. The molecule has 0 saturated carbocycles. The van der Waals surface area contributed by atoms with Crippen molar-refractivity contribution in [3.63, 3.8) is 0 Å². The minimum absolute atomic E-state index is 0.0498. The zero-order chi connectivity index (χ0) is 21.0. The van der Waals surface area contributed by atoms with Gasteiger partial charge >= 0.3 is 0 Å². The topological polar surface area (TPSA) is 75.9 Å². The molecule has 1 aromatic rings. The number of ether oxygens (including phenoxy) is 1. The molecule has 2 saturated heterocycles. The van der Waals surface area contributed by atoms with E-state index >= 15 is 0 Å². The Kier molecular flexibility index (Phi) is 7.11. The van der Waals surface area contributed by atoms with Gasteiger partial charge in [0, 0.05) is 43.8 Å². The molecule has 7 heteroatoms. The average molecular weight is 406 g/mol. The van der Waals surface area contributed by atoms with E-state index in [-0.39, 0.29) is 36.1 Å². The maximum atomic E-state index is 13.1. The van der Waals surface area contributed by atoms with Crippen LogP contribution in [0.4, 0.5) is 4.39 Å². The van der Waals surface area contributed by atoms with Crippen LogP contribution in [0.2, 0.25) is 0 Å². The van der Waals surface area contributed by atoms with Crippen molar-refractivity contribution < 1.29 is 18.7 Å². The molecule has 2 amide bonds. The van der Waals surface area contributed by atoms with Gasteiger partial charge in [-0.1, -0.05) is 0 Å². The summed E-state index contributed by atoms with van der Waals surface area (Å²) < 4.78 is 19.2. The summed E-state index contributed by atoms with van der Waals surface area (Å²) in [4.78, 5) is 29.0. The first-order valence-corrected chi connectivity index (χ1v) is 10.6. The molecule has 0 unspecified atom stereocenters. The molecular weight excluding hydrogens is 373 g/mol. The van der Waals surface area contributed by atoms with Crippen molar-refractivity contribution >= 4 is 11.8 Å². The van der Waals surface area contributed by atoms with Gasteiger partial charge in [0.1, 0.15) is 17.7 Å². The highest BCUT2D eigenvalue weighted by Gasteiger charge is 2.37. The first-order chi connectivity index (χ1) is 13.8. The smallest absolute Gasteiger partial charge is 0.225 e. The third-order valence-corrected chi connectivity index (χ3v) is 6.15. The van der Waals surface area contributed by atoms with Crippen molar-refractivity contribution in [1.29, 1.82) is 0 Å². The van der Waals surface area contributed by atoms with Gasteiger partial charge in [-0.25, -0.2) is 4.39 Å². The average Bonchev–Trinajstić information content (AvgIpc) is 2.70. The van der Waals surface area contributed by atoms with Crippen LogP contribution in [0.3, 0.4) is 0 Å². The zero-order valence-electron chi connectivity index (χ0n) is 17.4. The number of nitrogens with two attached hydrogens (primary N) is 1. The van der Waals surface area contributed by atoms with Gasteiger partial charge < -0.3 is 20.3 Å². The second-order valence-electron chi connectivity index (χ2n) is 8.52. The third-order valence-electron chi connectivity index (χ3n) is 6.15. The first-order valence-electron chi connectivity index (χ1n) is 10.6. The summed E-state index contributed by atoms with van der Waals surface area (Å²) in [6.45, 7) is 7.33. The summed E-state index contributed by atoms with van der Waals surface area (Å²) >= 11 is 0.